The van der Waals surface area contributed by atoms with Gasteiger partial charge in [-0.3, -0.25) is 4.79 Å². The van der Waals surface area contributed by atoms with Gasteiger partial charge in [-0.2, -0.15) is 0 Å². The molecule has 0 aromatic heterocycles. The Morgan fingerprint density at radius 1 is 0.868 bits per heavy atom. The zero-order chi connectivity index (χ0) is 27.3. The second kappa shape index (κ2) is 11.5. The minimum atomic E-state index is -0.779. The fourth-order valence-corrected chi connectivity index (χ4v) is 6.00. The third-order valence-corrected chi connectivity index (χ3v) is 8.08. The highest BCUT2D eigenvalue weighted by molar-refractivity contribution is 5.73. The number of anilines is 2. The van der Waals surface area contributed by atoms with Crippen molar-refractivity contribution in [3.63, 3.8) is 0 Å². The van der Waals surface area contributed by atoms with Crippen LogP contribution < -0.4 is 9.80 Å². The molecule has 4 nitrogen and oxygen atoms in total. The van der Waals surface area contributed by atoms with Crippen LogP contribution in [0.3, 0.4) is 0 Å². The molecule has 1 unspecified atom stereocenters. The summed E-state index contributed by atoms with van der Waals surface area (Å²) in [5.41, 5.74) is 6.11. The van der Waals surface area contributed by atoms with Crippen molar-refractivity contribution in [2.45, 2.75) is 70.8 Å². The largest absolute Gasteiger partial charge is 0.481 e. The Morgan fingerprint density at radius 3 is 2.21 bits per heavy atom. The molecular formula is C34H42N2O2. The molecule has 0 fully saturated rings. The molecule has 1 atom stereocenters. The number of carboxylic acid groups (broad SMARTS) is 1. The minimum absolute atomic E-state index is 0.0530. The SMILES string of the molecule is CCCCN1c2ccccc2C(C)(C)C1/C=C/C=C/C=C/C=C1/N(CCC(=O)O)c2ccccc2C1(C)C. The topological polar surface area (TPSA) is 43.8 Å². The maximum absolute atomic E-state index is 11.3. The number of carbonyl (C=O) groups is 1. The van der Waals surface area contributed by atoms with Crippen LogP contribution in [-0.4, -0.2) is 30.2 Å². The molecule has 0 saturated heterocycles. The average molecular weight is 511 g/mol. The molecule has 38 heavy (non-hydrogen) atoms. The van der Waals surface area contributed by atoms with Crippen molar-refractivity contribution in [3.05, 3.63) is 108 Å². The summed E-state index contributed by atoms with van der Waals surface area (Å²) in [5.74, 6) is -0.779. The van der Waals surface area contributed by atoms with Gasteiger partial charge in [0.15, 0.2) is 0 Å². The van der Waals surface area contributed by atoms with Crippen LogP contribution in [0.2, 0.25) is 0 Å². The lowest BCUT2D eigenvalue weighted by Crippen LogP contribution is -2.40. The average Bonchev–Trinajstić information content (AvgIpc) is 3.24. The number of rotatable bonds is 10. The van der Waals surface area contributed by atoms with E-state index in [9.17, 15) is 9.90 Å². The summed E-state index contributed by atoms with van der Waals surface area (Å²) in [6, 6.07) is 17.4. The smallest absolute Gasteiger partial charge is 0.305 e. The second-order valence-electron chi connectivity index (χ2n) is 11.4. The summed E-state index contributed by atoms with van der Waals surface area (Å²) >= 11 is 0. The van der Waals surface area contributed by atoms with Gasteiger partial charge in [0, 0.05) is 41.0 Å². The highest BCUT2D eigenvalue weighted by Gasteiger charge is 2.42. The third-order valence-electron chi connectivity index (χ3n) is 8.08. The minimum Gasteiger partial charge on any atom is -0.481 e. The Hall–Kier alpha value is -3.53. The van der Waals surface area contributed by atoms with Crippen LogP contribution in [0, 0.1) is 0 Å². The maximum atomic E-state index is 11.3. The number of para-hydroxylation sites is 2. The van der Waals surface area contributed by atoms with Crippen molar-refractivity contribution in [2.24, 2.45) is 0 Å². The maximum Gasteiger partial charge on any atom is 0.305 e. The first-order valence-electron chi connectivity index (χ1n) is 13.9. The standard InChI is InChI=1S/C34H42N2O2/c1-6-7-24-35-28-19-15-13-17-26(28)33(2,3)30(35)21-11-9-8-10-12-22-31-34(4,5)27-18-14-16-20-29(27)36(31)25-23-32(37)38/h8-22,30H,6-7,23-25H2,1-5H3,(H,37,38)/b9-8+,12-10+,21-11+,31-22+. The molecule has 0 spiro atoms. The molecule has 200 valence electrons. The summed E-state index contributed by atoms with van der Waals surface area (Å²) in [6.07, 6.45) is 17.4. The van der Waals surface area contributed by atoms with Crippen molar-refractivity contribution in [3.8, 4) is 0 Å². The van der Waals surface area contributed by atoms with Crippen LogP contribution in [-0.2, 0) is 15.6 Å². The van der Waals surface area contributed by atoms with E-state index < -0.39 is 5.97 Å². The lowest BCUT2D eigenvalue weighted by Gasteiger charge is -2.32. The predicted octanol–water partition coefficient (Wildman–Crippen LogP) is 7.78. The fraction of sp³-hybridized carbons (Fsp3) is 0.382. The number of fused-ring (bicyclic) bond motifs is 2. The van der Waals surface area contributed by atoms with Gasteiger partial charge in [-0.15, -0.1) is 0 Å². The molecule has 1 N–H and O–H groups in total. The van der Waals surface area contributed by atoms with E-state index in [-0.39, 0.29) is 17.3 Å². The van der Waals surface area contributed by atoms with Gasteiger partial charge in [0.25, 0.3) is 0 Å². The molecule has 0 amide bonds. The second-order valence-corrected chi connectivity index (χ2v) is 11.4. The molecular weight excluding hydrogens is 468 g/mol. The van der Waals surface area contributed by atoms with E-state index in [2.05, 4.69) is 129 Å². The van der Waals surface area contributed by atoms with E-state index in [1.807, 2.05) is 6.07 Å². The molecule has 0 aliphatic carbocycles. The number of hydrogen-bond donors (Lipinski definition) is 1. The first-order chi connectivity index (χ1) is 18.2. The van der Waals surface area contributed by atoms with Crippen LogP contribution in [0.5, 0.6) is 0 Å². The number of carboxylic acids is 1. The number of hydrogen-bond acceptors (Lipinski definition) is 3. The predicted molar refractivity (Wildman–Crippen MR) is 160 cm³/mol. The van der Waals surface area contributed by atoms with Gasteiger partial charge in [0.2, 0.25) is 0 Å². The number of nitrogens with zero attached hydrogens (tertiary/aromatic N) is 2. The fourth-order valence-electron chi connectivity index (χ4n) is 6.00. The summed E-state index contributed by atoms with van der Waals surface area (Å²) in [6.45, 7) is 12.9. The van der Waals surface area contributed by atoms with Crippen LogP contribution in [0.1, 0.15) is 65.0 Å². The number of benzene rings is 2. The highest BCUT2D eigenvalue weighted by Crippen LogP contribution is 2.48. The van der Waals surface area contributed by atoms with Crippen molar-refractivity contribution in [1.82, 2.24) is 0 Å². The van der Waals surface area contributed by atoms with E-state index in [0.29, 0.717) is 12.6 Å². The van der Waals surface area contributed by atoms with Gasteiger partial charge in [-0.25, -0.2) is 0 Å². The van der Waals surface area contributed by atoms with Crippen molar-refractivity contribution in [2.75, 3.05) is 22.9 Å². The normalized spacial score (nSPS) is 20.8. The summed E-state index contributed by atoms with van der Waals surface area (Å²) in [4.78, 5) is 16.0. The van der Waals surface area contributed by atoms with Crippen molar-refractivity contribution >= 4 is 17.3 Å². The van der Waals surface area contributed by atoms with Gasteiger partial charge < -0.3 is 14.9 Å². The molecule has 0 bridgehead atoms. The van der Waals surface area contributed by atoms with E-state index in [0.717, 1.165) is 17.9 Å². The van der Waals surface area contributed by atoms with E-state index in [1.54, 1.807) is 0 Å². The Morgan fingerprint density at radius 2 is 1.50 bits per heavy atom. The van der Waals surface area contributed by atoms with E-state index in [1.165, 1.54) is 29.7 Å². The van der Waals surface area contributed by atoms with Gasteiger partial charge in [0.1, 0.15) is 0 Å². The number of aliphatic carboxylic acids is 1. The van der Waals surface area contributed by atoms with Crippen LogP contribution in [0.4, 0.5) is 11.4 Å². The summed E-state index contributed by atoms with van der Waals surface area (Å²) in [7, 11) is 0. The van der Waals surface area contributed by atoms with Gasteiger partial charge >= 0.3 is 5.97 Å². The molecule has 4 heteroatoms. The molecule has 0 radical (unpaired) electrons. The lowest BCUT2D eigenvalue weighted by molar-refractivity contribution is -0.136. The van der Waals surface area contributed by atoms with E-state index in [4.69, 9.17) is 0 Å². The molecule has 2 aliphatic heterocycles. The quantitative estimate of drug-likeness (QED) is 0.332. The van der Waals surface area contributed by atoms with Crippen molar-refractivity contribution < 1.29 is 9.90 Å². The van der Waals surface area contributed by atoms with Crippen LogP contribution in [0.15, 0.2) is 96.8 Å². The van der Waals surface area contributed by atoms with Gasteiger partial charge in [-0.05, 0) is 35.8 Å². The lowest BCUT2D eigenvalue weighted by atomic mass is 9.80. The van der Waals surface area contributed by atoms with Crippen LogP contribution in [0.25, 0.3) is 0 Å². The number of unbranched alkanes of at least 4 members (excludes halogenated alkanes) is 1. The first kappa shape index (κ1) is 27.5. The van der Waals surface area contributed by atoms with Crippen LogP contribution >= 0.6 is 0 Å². The Labute approximate surface area is 228 Å². The highest BCUT2D eigenvalue weighted by atomic mass is 16.4. The first-order valence-corrected chi connectivity index (χ1v) is 13.9. The monoisotopic (exact) mass is 510 g/mol. The van der Waals surface area contributed by atoms with E-state index >= 15 is 0 Å². The zero-order valence-electron chi connectivity index (χ0n) is 23.5. The molecule has 2 aromatic rings. The Bertz CT molecular complexity index is 1260. The van der Waals surface area contributed by atoms with Gasteiger partial charge in [-0.1, -0.05) is 114 Å². The Balaban J connectivity index is 1.48. The summed E-state index contributed by atoms with van der Waals surface area (Å²) in [5, 5.41) is 9.28. The molecule has 2 aromatic carbocycles. The summed E-state index contributed by atoms with van der Waals surface area (Å²) < 4.78 is 0. The molecule has 4 rings (SSSR count). The molecule has 2 aliphatic rings. The Kier molecular flexibility index (Phi) is 8.30. The number of allylic oxidation sites excluding steroid dienone is 7. The molecule has 0 saturated carbocycles. The zero-order valence-corrected chi connectivity index (χ0v) is 23.5. The van der Waals surface area contributed by atoms with Crippen molar-refractivity contribution in [1.29, 1.82) is 0 Å². The molecule has 2 heterocycles. The van der Waals surface area contributed by atoms with Gasteiger partial charge in [0.05, 0.1) is 12.5 Å². The third kappa shape index (κ3) is 5.36.